The van der Waals surface area contributed by atoms with Crippen molar-refractivity contribution >= 4 is 6.08 Å². The van der Waals surface area contributed by atoms with Crippen molar-refractivity contribution in [2.45, 2.75) is 25.4 Å². The van der Waals surface area contributed by atoms with E-state index in [2.05, 4.69) is 11.1 Å². The van der Waals surface area contributed by atoms with Crippen LogP contribution in [-0.2, 0) is 10.3 Å². The van der Waals surface area contributed by atoms with Gasteiger partial charge in [-0.05, 0) is 24.1 Å². The Labute approximate surface area is 94.4 Å². The maximum Gasteiger partial charge on any atom is 0.120 e. The molecule has 1 atom stereocenters. The number of aromatic nitrogens is 1. The zero-order valence-electron chi connectivity index (χ0n) is 9.29. The lowest BCUT2D eigenvalue weighted by Crippen LogP contribution is -2.32. The summed E-state index contributed by atoms with van der Waals surface area (Å²) in [5.74, 6) is 0. The highest BCUT2D eigenvalue weighted by atomic mass is 16.5. The lowest BCUT2D eigenvalue weighted by atomic mass is 9.75. The first-order valence-corrected chi connectivity index (χ1v) is 5.69. The molecule has 1 aliphatic heterocycles. The van der Waals surface area contributed by atoms with E-state index in [-0.39, 0.29) is 0 Å². The van der Waals surface area contributed by atoms with E-state index in [1.54, 1.807) is 6.26 Å². The van der Waals surface area contributed by atoms with E-state index in [4.69, 9.17) is 4.74 Å². The highest BCUT2D eigenvalue weighted by Gasteiger charge is 2.40. The second-order valence-electron chi connectivity index (χ2n) is 4.34. The zero-order valence-corrected chi connectivity index (χ0v) is 9.29. The van der Waals surface area contributed by atoms with E-state index in [1.807, 2.05) is 19.2 Å². The predicted molar refractivity (Wildman–Crippen MR) is 61.6 cm³/mol. The van der Waals surface area contributed by atoms with Gasteiger partial charge in [-0.15, -0.1) is 0 Å². The van der Waals surface area contributed by atoms with Gasteiger partial charge in [0.2, 0.25) is 0 Å². The Morgan fingerprint density at radius 2 is 2.44 bits per heavy atom. The van der Waals surface area contributed by atoms with Crippen LogP contribution < -0.4 is 0 Å². The Hall–Kier alpha value is -1.48. The van der Waals surface area contributed by atoms with Gasteiger partial charge in [0.05, 0.1) is 12.9 Å². The van der Waals surface area contributed by atoms with Gasteiger partial charge in [0.1, 0.15) is 5.60 Å². The molecule has 0 amide bonds. The average molecular weight is 217 g/mol. The summed E-state index contributed by atoms with van der Waals surface area (Å²) in [6.45, 7) is 2.69. The predicted octanol–water partition coefficient (Wildman–Crippen LogP) is 2.31. The second kappa shape index (κ2) is 3.25. The van der Waals surface area contributed by atoms with Gasteiger partial charge in [-0.1, -0.05) is 6.92 Å². The fourth-order valence-corrected chi connectivity index (χ4v) is 2.60. The first-order chi connectivity index (χ1) is 7.75. The van der Waals surface area contributed by atoms with Crippen molar-refractivity contribution in [1.29, 1.82) is 0 Å². The van der Waals surface area contributed by atoms with E-state index in [1.165, 1.54) is 5.57 Å². The van der Waals surface area contributed by atoms with E-state index in [9.17, 15) is 5.11 Å². The lowest BCUT2D eigenvalue weighted by Gasteiger charge is -2.36. The van der Waals surface area contributed by atoms with Crippen molar-refractivity contribution in [2.75, 3.05) is 6.61 Å². The monoisotopic (exact) mass is 217 g/mol. The second-order valence-corrected chi connectivity index (χ2v) is 4.34. The summed E-state index contributed by atoms with van der Waals surface area (Å²) >= 11 is 0. The number of hydrogen-bond acceptors (Lipinski definition) is 2. The average Bonchev–Trinajstić information content (AvgIpc) is 2.78. The molecule has 3 nitrogen and oxygen atoms in total. The third kappa shape index (κ3) is 1.12. The molecule has 16 heavy (non-hydrogen) atoms. The SMILES string of the molecule is CC[C@@]1(O)C2=COCCC2=Cc2[nH]ccc21. The maximum atomic E-state index is 10.8. The molecule has 1 aromatic heterocycles. The van der Waals surface area contributed by atoms with Crippen LogP contribution >= 0.6 is 0 Å². The summed E-state index contributed by atoms with van der Waals surface area (Å²) in [5, 5.41) is 10.8. The van der Waals surface area contributed by atoms with Crippen molar-refractivity contribution in [2.24, 2.45) is 0 Å². The van der Waals surface area contributed by atoms with E-state index < -0.39 is 5.60 Å². The fraction of sp³-hybridized carbons (Fsp3) is 0.385. The van der Waals surface area contributed by atoms with Crippen LogP contribution in [0.2, 0.25) is 0 Å². The highest BCUT2D eigenvalue weighted by Crippen LogP contribution is 2.45. The summed E-state index contributed by atoms with van der Waals surface area (Å²) in [6.07, 6.45) is 7.24. The quantitative estimate of drug-likeness (QED) is 0.758. The summed E-state index contributed by atoms with van der Waals surface area (Å²) in [6, 6.07) is 1.95. The van der Waals surface area contributed by atoms with Crippen molar-refractivity contribution in [3.63, 3.8) is 0 Å². The third-order valence-electron chi connectivity index (χ3n) is 3.54. The third-order valence-corrected chi connectivity index (χ3v) is 3.54. The fourth-order valence-electron chi connectivity index (χ4n) is 2.60. The standard InChI is InChI=1S/C13H15NO2/c1-2-13(15)10-3-5-14-12(10)7-9-4-6-16-8-11(9)13/h3,5,7-8,14-15H,2,4,6H2,1H3/t13-/m0/s1. The van der Waals surface area contributed by atoms with Crippen LogP contribution in [0.5, 0.6) is 0 Å². The Balaban J connectivity index is 2.24. The van der Waals surface area contributed by atoms with Crippen molar-refractivity contribution in [1.82, 2.24) is 4.98 Å². The zero-order chi connectivity index (χ0) is 11.2. The number of aromatic amines is 1. The molecular weight excluding hydrogens is 202 g/mol. The molecular formula is C13H15NO2. The minimum atomic E-state index is -0.889. The molecule has 0 fully saturated rings. The van der Waals surface area contributed by atoms with Gasteiger partial charge in [0.25, 0.3) is 0 Å². The van der Waals surface area contributed by atoms with E-state index >= 15 is 0 Å². The van der Waals surface area contributed by atoms with Gasteiger partial charge in [-0.3, -0.25) is 0 Å². The van der Waals surface area contributed by atoms with Crippen LogP contribution in [-0.4, -0.2) is 16.7 Å². The molecule has 2 heterocycles. The van der Waals surface area contributed by atoms with Crippen molar-refractivity contribution in [3.05, 3.63) is 40.9 Å². The molecule has 84 valence electrons. The van der Waals surface area contributed by atoms with Crippen LogP contribution in [0.15, 0.2) is 29.7 Å². The molecule has 3 rings (SSSR count). The van der Waals surface area contributed by atoms with Gasteiger partial charge in [0.15, 0.2) is 0 Å². The lowest BCUT2D eigenvalue weighted by molar-refractivity contribution is 0.0636. The van der Waals surface area contributed by atoms with Crippen LogP contribution in [0.1, 0.15) is 31.0 Å². The van der Waals surface area contributed by atoms with Crippen LogP contribution in [0.3, 0.4) is 0 Å². The minimum Gasteiger partial charge on any atom is -0.500 e. The van der Waals surface area contributed by atoms with Crippen LogP contribution in [0.25, 0.3) is 6.08 Å². The van der Waals surface area contributed by atoms with Crippen LogP contribution in [0.4, 0.5) is 0 Å². The molecule has 0 unspecified atom stereocenters. The number of ether oxygens (including phenoxy) is 1. The summed E-state index contributed by atoms with van der Waals surface area (Å²) in [7, 11) is 0. The molecule has 1 aromatic rings. The van der Waals surface area contributed by atoms with Crippen molar-refractivity contribution < 1.29 is 9.84 Å². The number of hydrogen-bond donors (Lipinski definition) is 2. The number of fused-ring (bicyclic) bond motifs is 2. The number of rotatable bonds is 1. The molecule has 3 heteroatoms. The van der Waals surface area contributed by atoms with E-state index in [0.717, 1.165) is 23.3 Å². The molecule has 1 aliphatic carbocycles. The highest BCUT2D eigenvalue weighted by molar-refractivity contribution is 5.68. The first kappa shape index (κ1) is 9.73. The molecule has 0 saturated heterocycles. The van der Waals surface area contributed by atoms with Gasteiger partial charge in [-0.2, -0.15) is 0 Å². The molecule has 0 aromatic carbocycles. The van der Waals surface area contributed by atoms with E-state index in [0.29, 0.717) is 13.0 Å². The van der Waals surface area contributed by atoms with Crippen molar-refractivity contribution in [3.8, 4) is 0 Å². The Morgan fingerprint density at radius 1 is 1.56 bits per heavy atom. The number of H-pyrrole nitrogens is 1. The maximum absolute atomic E-state index is 10.8. The molecule has 0 radical (unpaired) electrons. The smallest absolute Gasteiger partial charge is 0.120 e. The first-order valence-electron chi connectivity index (χ1n) is 5.69. The summed E-state index contributed by atoms with van der Waals surface area (Å²) in [4.78, 5) is 3.18. The van der Waals surface area contributed by atoms with Gasteiger partial charge in [-0.25, -0.2) is 0 Å². The number of nitrogens with one attached hydrogen (secondary N) is 1. The Morgan fingerprint density at radius 3 is 3.25 bits per heavy atom. The summed E-state index contributed by atoms with van der Waals surface area (Å²) < 4.78 is 5.35. The Bertz CT molecular complexity index is 484. The molecule has 2 aliphatic rings. The largest absolute Gasteiger partial charge is 0.500 e. The van der Waals surface area contributed by atoms with Crippen LogP contribution in [0, 0.1) is 0 Å². The minimum absolute atomic E-state index is 0.657. The molecule has 2 N–H and O–H groups in total. The van der Waals surface area contributed by atoms with Gasteiger partial charge >= 0.3 is 0 Å². The van der Waals surface area contributed by atoms with Gasteiger partial charge < -0.3 is 14.8 Å². The molecule has 0 bridgehead atoms. The summed E-state index contributed by atoms with van der Waals surface area (Å²) in [5.41, 5.74) is 3.20. The molecule has 0 saturated carbocycles. The normalized spacial score (nSPS) is 27.4. The Kier molecular flexibility index (Phi) is 1.98. The molecule has 0 spiro atoms. The topological polar surface area (TPSA) is 45.2 Å². The number of aliphatic hydroxyl groups is 1. The van der Waals surface area contributed by atoms with Gasteiger partial charge in [0, 0.05) is 29.4 Å².